The van der Waals surface area contributed by atoms with Gasteiger partial charge in [0.05, 0.1) is 50.1 Å². The van der Waals surface area contributed by atoms with Crippen LogP contribution in [0.3, 0.4) is 0 Å². The lowest BCUT2D eigenvalue weighted by atomic mass is 9.12. The highest BCUT2D eigenvalue weighted by Gasteiger charge is 2.47. The number of benzene rings is 5. The van der Waals surface area contributed by atoms with Crippen molar-refractivity contribution in [2.75, 3.05) is 0 Å². The number of ketones is 1. The van der Waals surface area contributed by atoms with Crippen LogP contribution in [0.5, 0.6) is 0 Å². The van der Waals surface area contributed by atoms with Crippen molar-refractivity contribution in [2.24, 2.45) is 0 Å². The Morgan fingerprint density at radius 3 is 0.823 bits per heavy atom. The molecule has 426 valence electrons. The van der Waals surface area contributed by atoms with Crippen molar-refractivity contribution in [3.8, 4) is 0 Å². The predicted molar refractivity (Wildman–Crippen MR) is 233 cm³/mol. The van der Waals surface area contributed by atoms with E-state index in [2.05, 4.69) is 4.74 Å². The van der Waals surface area contributed by atoms with Crippen LogP contribution in [-0.2, 0) is 60.7 Å². The molecule has 0 aliphatic heterocycles. The lowest BCUT2D eigenvalue weighted by molar-refractivity contribution is -0.683. The molecule has 0 fully saturated rings. The van der Waals surface area contributed by atoms with Crippen molar-refractivity contribution in [1.29, 1.82) is 0 Å². The van der Waals surface area contributed by atoms with Gasteiger partial charge in [-0.05, 0) is 59.1 Å². The van der Waals surface area contributed by atoms with Gasteiger partial charge < -0.3 is 4.74 Å². The van der Waals surface area contributed by atoms with E-state index < -0.39 is 205 Å². The molecular formula is C47H23BCl3F24NO3. The fourth-order valence-electron chi connectivity index (χ4n) is 7.81. The number of nitrogens with zero attached hydrogens (tertiary/aromatic N) is 1. The van der Waals surface area contributed by atoms with Gasteiger partial charge in [0.15, 0.2) is 12.4 Å². The standard InChI is InChI=1S/C32H12BF24.C15H11Cl3NO3/c34-25(35,36)13-1-14(26(37,38)39)6-21(5-13)33(22-7-15(27(40,41)42)2-16(8-22)28(43,44)45,23-9-17(29(46,47)48)3-18(10-23)30(49,50)51)24-11-19(31(52,53)54)4-20(12-24)32(55,56)57;16-15(17,18)22-14(21)12-6-8-19(9-7-12)10-13(20)11-4-2-1-3-5-11/h1-12H;1-9H,10H2/q-1;+1. The highest BCUT2D eigenvalue weighted by molar-refractivity contribution is 7.20. The van der Waals surface area contributed by atoms with Crippen molar-refractivity contribution in [2.45, 2.75) is 59.9 Å². The molecule has 6 rings (SSSR count). The minimum Gasteiger partial charge on any atom is -0.411 e. The molecule has 6 aromatic rings. The van der Waals surface area contributed by atoms with Crippen LogP contribution in [0.1, 0.15) is 65.2 Å². The summed E-state index contributed by atoms with van der Waals surface area (Å²) in [5, 5.41) is 0. The number of carbonyl (C=O) groups is 2. The summed E-state index contributed by atoms with van der Waals surface area (Å²) >= 11 is 16.2. The third-order valence-electron chi connectivity index (χ3n) is 11.2. The SMILES string of the molecule is FC(F)(F)c1cc([B-](c2cc(C(F)(F)F)cc(C(F)(F)F)c2)(c2cc(C(F)(F)F)cc(C(F)(F)F)c2)c2cc(C(F)(F)F)cc(C(F)(F)F)c2)cc(C(F)(F)F)c1.O=C(C[n+]1ccc(C(=O)OC(Cl)(Cl)Cl)cc1)c1ccccc1. The second-order valence-corrected chi connectivity index (χ2v) is 18.8. The molecule has 1 heterocycles. The summed E-state index contributed by atoms with van der Waals surface area (Å²) in [6.45, 7) is 0.157. The van der Waals surface area contributed by atoms with Gasteiger partial charge in [-0.2, -0.15) is 132 Å². The van der Waals surface area contributed by atoms with Crippen LogP contribution in [0.2, 0.25) is 0 Å². The maximum Gasteiger partial charge on any atom is 0.416 e. The van der Waals surface area contributed by atoms with Crippen LogP contribution >= 0.6 is 34.8 Å². The van der Waals surface area contributed by atoms with E-state index in [1.165, 1.54) is 12.1 Å². The Balaban J connectivity index is 0.000000433. The van der Waals surface area contributed by atoms with Crippen molar-refractivity contribution in [3.63, 3.8) is 0 Å². The van der Waals surface area contributed by atoms with E-state index in [0.717, 1.165) is 0 Å². The molecule has 79 heavy (non-hydrogen) atoms. The molecule has 0 spiro atoms. The van der Waals surface area contributed by atoms with Crippen LogP contribution in [0.4, 0.5) is 105 Å². The summed E-state index contributed by atoms with van der Waals surface area (Å²) in [5.74, 6) is -0.802. The number of halogens is 27. The topological polar surface area (TPSA) is 47.2 Å². The number of aromatic nitrogens is 1. The lowest BCUT2D eigenvalue weighted by Crippen LogP contribution is -2.75. The Hall–Kier alpha value is -6.36. The van der Waals surface area contributed by atoms with E-state index >= 15 is 0 Å². The molecule has 1 aromatic heterocycles. The summed E-state index contributed by atoms with van der Waals surface area (Å²) in [6.07, 6.45) is -51.6. The molecule has 0 bridgehead atoms. The van der Waals surface area contributed by atoms with Crippen LogP contribution < -0.4 is 26.4 Å². The Kier molecular flexibility index (Phi) is 17.6. The zero-order chi connectivity index (χ0) is 60.1. The highest BCUT2D eigenvalue weighted by Crippen LogP contribution is 2.41. The molecule has 0 aliphatic carbocycles. The van der Waals surface area contributed by atoms with Crippen LogP contribution in [0, 0.1) is 0 Å². The number of ether oxygens (including phenoxy) is 1. The average Bonchev–Trinajstić information content (AvgIpc) is 3.34. The van der Waals surface area contributed by atoms with Gasteiger partial charge >= 0.3 is 59.4 Å². The van der Waals surface area contributed by atoms with Gasteiger partial charge in [0.2, 0.25) is 12.3 Å². The minimum absolute atomic E-state index is 0.0396. The second kappa shape index (κ2) is 21.9. The third kappa shape index (κ3) is 15.7. The molecule has 0 radical (unpaired) electrons. The number of carbonyl (C=O) groups excluding carboxylic acids is 2. The van der Waals surface area contributed by atoms with Gasteiger partial charge in [-0.25, -0.2) is 4.79 Å². The molecule has 0 N–H and O–H groups in total. The van der Waals surface area contributed by atoms with Crippen LogP contribution in [0.15, 0.2) is 128 Å². The van der Waals surface area contributed by atoms with E-state index in [4.69, 9.17) is 34.8 Å². The molecule has 32 heteroatoms. The molecule has 0 aliphatic rings. The molecule has 0 saturated carbocycles. The fraction of sp³-hybridized carbons (Fsp3) is 0.213. The number of rotatable bonds is 8. The smallest absolute Gasteiger partial charge is 0.411 e. The van der Waals surface area contributed by atoms with Gasteiger partial charge in [0.25, 0.3) is 0 Å². The second-order valence-electron chi connectivity index (χ2n) is 16.6. The molecule has 4 nitrogen and oxygen atoms in total. The summed E-state index contributed by atoms with van der Waals surface area (Å²) in [5.41, 5.74) is -29.4. The Bertz CT molecular complexity index is 2760. The summed E-state index contributed by atoms with van der Waals surface area (Å²) in [4.78, 5) is 23.7. The number of hydrogen-bond acceptors (Lipinski definition) is 3. The van der Waals surface area contributed by atoms with Gasteiger partial charge in [0.1, 0.15) is 6.15 Å². The number of alkyl halides is 27. The maximum atomic E-state index is 14.2. The van der Waals surface area contributed by atoms with Crippen molar-refractivity contribution in [3.05, 3.63) is 183 Å². The molecule has 0 unspecified atom stereocenters. The Labute approximate surface area is 441 Å². The number of esters is 1. The van der Waals surface area contributed by atoms with E-state index in [-0.39, 0.29) is 17.9 Å². The fourth-order valence-corrected chi connectivity index (χ4v) is 8.02. The van der Waals surface area contributed by atoms with Gasteiger partial charge in [-0.1, -0.05) is 78.9 Å². The van der Waals surface area contributed by atoms with Crippen LogP contribution in [-0.4, -0.2) is 21.9 Å². The zero-order valence-corrected chi connectivity index (χ0v) is 40.1. The third-order valence-corrected chi connectivity index (χ3v) is 11.4. The average molecular weight is 1220 g/mol. The molecular weight excluding hydrogens is 1200 g/mol. The highest BCUT2D eigenvalue weighted by atomic mass is 35.6. The molecule has 0 saturated heterocycles. The monoisotopic (exact) mass is 1220 g/mol. The Morgan fingerprint density at radius 1 is 0.367 bits per heavy atom. The Morgan fingerprint density at radius 2 is 0.608 bits per heavy atom. The number of pyridine rings is 1. The van der Waals surface area contributed by atoms with Crippen LogP contribution in [0.25, 0.3) is 0 Å². The minimum atomic E-state index is -6.13. The van der Waals surface area contributed by atoms with Gasteiger partial charge in [-0.3, -0.25) is 4.79 Å². The van der Waals surface area contributed by atoms with E-state index in [1.54, 1.807) is 41.2 Å². The van der Waals surface area contributed by atoms with Crippen molar-refractivity contribution in [1.82, 2.24) is 0 Å². The summed E-state index contributed by atoms with van der Waals surface area (Å²) < 4.78 is 345. The maximum absolute atomic E-state index is 14.2. The van der Waals surface area contributed by atoms with Crippen molar-refractivity contribution < 1.29 is 124 Å². The first-order valence-electron chi connectivity index (χ1n) is 20.8. The van der Waals surface area contributed by atoms with E-state index in [9.17, 15) is 115 Å². The summed E-state index contributed by atoms with van der Waals surface area (Å²) in [7, 11) is 0. The molecule has 5 aromatic carbocycles. The van der Waals surface area contributed by atoms with Gasteiger partial charge in [-0.15, -0.1) is 0 Å². The number of hydrogen-bond donors (Lipinski definition) is 0. The largest absolute Gasteiger partial charge is 0.416 e. The van der Waals surface area contributed by atoms with E-state index in [1.807, 2.05) is 6.07 Å². The van der Waals surface area contributed by atoms with Crippen molar-refractivity contribution >= 4 is 74.6 Å². The predicted octanol–water partition coefficient (Wildman–Crippen LogP) is 14.6. The van der Waals surface area contributed by atoms with E-state index in [0.29, 0.717) is 5.56 Å². The lowest BCUT2D eigenvalue weighted by Gasteiger charge is -2.46. The first-order chi connectivity index (χ1) is 35.6. The quantitative estimate of drug-likeness (QED) is 0.0381. The van der Waals surface area contributed by atoms with Gasteiger partial charge in [0, 0.05) is 17.7 Å². The number of Topliss-reactive ketones (excluding diaryl/α,β-unsaturated/α-hetero) is 1. The molecule has 0 amide bonds. The summed E-state index contributed by atoms with van der Waals surface area (Å²) in [6, 6.07) is 3.09. The first kappa shape index (κ1) is 63.5. The normalized spacial score (nSPS) is 13.4. The zero-order valence-electron chi connectivity index (χ0n) is 37.8. The molecule has 0 atom stereocenters. The first-order valence-corrected chi connectivity index (χ1v) is 22.0.